The highest BCUT2D eigenvalue weighted by molar-refractivity contribution is 7.47. The average Bonchev–Trinajstić information content (AvgIpc) is 2.07. The predicted molar refractivity (Wildman–Crippen MR) is 45.7 cm³/mol. The van der Waals surface area contributed by atoms with Crippen molar-refractivity contribution in [3.8, 4) is 0 Å². The van der Waals surface area contributed by atoms with E-state index in [4.69, 9.17) is 14.2 Å². The summed E-state index contributed by atoms with van der Waals surface area (Å²) >= 11 is 0. The molecule has 0 rings (SSSR count). The van der Waals surface area contributed by atoms with Gasteiger partial charge in [0, 0.05) is 26.8 Å². The Balaban J connectivity index is 3.44. The van der Waals surface area contributed by atoms with Gasteiger partial charge in [-0.05, 0) is 0 Å². The predicted octanol–water partition coefficient (Wildman–Crippen LogP) is 0.0472. The minimum absolute atomic E-state index is 0.195. The van der Waals surface area contributed by atoms with Gasteiger partial charge in [-0.1, -0.05) is 0 Å². The van der Waals surface area contributed by atoms with Crippen LogP contribution in [0.2, 0.25) is 0 Å². The molecule has 2 N–H and O–H groups in total. The molecule has 0 aromatic heterocycles. The molecule has 1 amide bonds. The van der Waals surface area contributed by atoms with Crippen molar-refractivity contribution >= 4 is 14.3 Å². The van der Waals surface area contributed by atoms with Crippen LogP contribution >= 0.6 is 8.38 Å². The van der Waals surface area contributed by atoms with Gasteiger partial charge in [-0.2, -0.15) is 0 Å². The average molecular weight is 195 g/mol. The van der Waals surface area contributed by atoms with Gasteiger partial charge in [0.1, 0.15) is 6.73 Å². The standard InChI is InChI=1S/C6H14NO4P/c1-10-12(11-2)4-3-6(9)7-5-8/h8H,3-5H2,1-2H3,(H,7,9). The molecule has 0 aliphatic heterocycles. The number of carbonyl (C=O) groups excluding carboxylic acids is 1. The van der Waals surface area contributed by atoms with Gasteiger partial charge in [0.25, 0.3) is 0 Å². The highest BCUT2D eigenvalue weighted by atomic mass is 31.2. The fourth-order valence-electron chi connectivity index (χ4n) is 0.627. The summed E-state index contributed by atoms with van der Waals surface area (Å²) in [5.41, 5.74) is 0. The zero-order chi connectivity index (χ0) is 9.40. The summed E-state index contributed by atoms with van der Waals surface area (Å²) in [5, 5.41) is 10.6. The first-order valence-electron chi connectivity index (χ1n) is 3.48. The van der Waals surface area contributed by atoms with Crippen molar-refractivity contribution in [3.05, 3.63) is 0 Å². The summed E-state index contributed by atoms with van der Waals surface area (Å²) in [4.78, 5) is 10.8. The highest BCUT2D eigenvalue weighted by Gasteiger charge is 2.08. The second-order valence-corrected chi connectivity index (χ2v) is 3.77. The molecule has 5 nitrogen and oxygen atoms in total. The molecule has 12 heavy (non-hydrogen) atoms. The Labute approximate surface area is 73.0 Å². The van der Waals surface area contributed by atoms with Crippen molar-refractivity contribution in [2.24, 2.45) is 0 Å². The van der Waals surface area contributed by atoms with Gasteiger partial charge in [0.05, 0.1) is 0 Å². The fourth-order valence-corrected chi connectivity index (χ4v) is 1.53. The van der Waals surface area contributed by atoms with E-state index in [9.17, 15) is 4.79 Å². The molecule has 0 fully saturated rings. The highest BCUT2D eigenvalue weighted by Crippen LogP contribution is 2.36. The minimum atomic E-state index is -0.942. The van der Waals surface area contributed by atoms with Gasteiger partial charge in [0.2, 0.25) is 5.91 Å². The largest absolute Gasteiger partial charge is 0.377 e. The lowest BCUT2D eigenvalue weighted by molar-refractivity contribution is -0.121. The lowest BCUT2D eigenvalue weighted by Gasteiger charge is -2.10. The van der Waals surface area contributed by atoms with Crippen molar-refractivity contribution in [2.75, 3.05) is 27.1 Å². The van der Waals surface area contributed by atoms with Crippen LogP contribution in [0.25, 0.3) is 0 Å². The van der Waals surface area contributed by atoms with Gasteiger partial charge in [-0.3, -0.25) is 4.79 Å². The van der Waals surface area contributed by atoms with Crippen LogP contribution in [0.3, 0.4) is 0 Å². The van der Waals surface area contributed by atoms with Crippen LogP contribution in [0.1, 0.15) is 6.42 Å². The molecule has 6 heteroatoms. The number of nitrogens with one attached hydrogen (secondary N) is 1. The van der Waals surface area contributed by atoms with Gasteiger partial charge in [-0.15, -0.1) is 0 Å². The quantitative estimate of drug-likeness (QED) is 0.464. The van der Waals surface area contributed by atoms with Gasteiger partial charge in [0.15, 0.2) is 8.38 Å². The van der Waals surface area contributed by atoms with E-state index in [1.165, 1.54) is 0 Å². The summed E-state index contributed by atoms with van der Waals surface area (Å²) in [6.07, 6.45) is 0.863. The number of carbonyl (C=O) groups is 1. The van der Waals surface area contributed by atoms with E-state index in [0.29, 0.717) is 12.6 Å². The molecule has 0 bridgehead atoms. The lowest BCUT2D eigenvalue weighted by Crippen LogP contribution is -2.24. The number of aliphatic hydroxyl groups is 1. The molecule has 0 aliphatic carbocycles. The SMILES string of the molecule is COP(CCC(=O)NCO)OC. The third kappa shape index (κ3) is 5.43. The molecule has 0 heterocycles. The first-order chi connectivity index (χ1) is 5.74. The van der Waals surface area contributed by atoms with Crippen molar-refractivity contribution in [1.82, 2.24) is 5.32 Å². The molecule has 0 aliphatic rings. The van der Waals surface area contributed by atoms with Gasteiger partial charge in [-0.25, -0.2) is 0 Å². The Morgan fingerprint density at radius 1 is 1.50 bits per heavy atom. The van der Waals surface area contributed by atoms with Crippen LogP contribution in [-0.2, 0) is 13.8 Å². The summed E-state index contributed by atoms with van der Waals surface area (Å²) in [7, 11) is 2.14. The number of hydrogen-bond acceptors (Lipinski definition) is 4. The zero-order valence-electron chi connectivity index (χ0n) is 7.24. The maximum Gasteiger partial charge on any atom is 0.222 e. The van der Waals surface area contributed by atoms with E-state index in [2.05, 4.69) is 5.32 Å². The molecule has 0 aromatic rings. The second-order valence-electron chi connectivity index (χ2n) is 1.93. The van der Waals surface area contributed by atoms with Crippen LogP contribution in [0.15, 0.2) is 0 Å². The van der Waals surface area contributed by atoms with Crippen LogP contribution in [0.5, 0.6) is 0 Å². The summed E-state index contributed by atoms with van der Waals surface area (Å²) in [5.74, 6) is -0.195. The molecule has 72 valence electrons. The number of aliphatic hydroxyl groups excluding tert-OH is 1. The Kier molecular flexibility index (Phi) is 7.29. The van der Waals surface area contributed by atoms with Gasteiger partial charge >= 0.3 is 0 Å². The molecule has 0 unspecified atom stereocenters. The van der Waals surface area contributed by atoms with Crippen LogP contribution in [-0.4, -0.2) is 38.1 Å². The van der Waals surface area contributed by atoms with Crippen LogP contribution in [0.4, 0.5) is 0 Å². The zero-order valence-corrected chi connectivity index (χ0v) is 8.13. The lowest BCUT2D eigenvalue weighted by atomic mass is 10.5. The Bertz CT molecular complexity index is 129. The van der Waals surface area contributed by atoms with Crippen LogP contribution in [0, 0.1) is 0 Å². The molecule has 0 aromatic carbocycles. The Hall–Kier alpha value is -0.220. The van der Waals surface area contributed by atoms with E-state index in [1.54, 1.807) is 14.2 Å². The fraction of sp³-hybridized carbons (Fsp3) is 0.833. The second kappa shape index (κ2) is 7.43. The maximum atomic E-state index is 10.8. The third-order valence-electron chi connectivity index (χ3n) is 1.20. The minimum Gasteiger partial charge on any atom is -0.377 e. The number of hydrogen-bond donors (Lipinski definition) is 2. The van der Waals surface area contributed by atoms with E-state index in [-0.39, 0.29) is 12.6 Å². The van der Waals surface area contributed by atoms with E-state index >= 15 is 0 Å². The summed E-state index contributed by atoms with van der Waals surface area (Å²) in [6.45, 7) is -0.323. The normalized spacial score (nSPS) is 10.3. The molecule has 0 saturated carbocycles. The monoisotopic (exact) mass is 195 g/mol. The van der Waals surface area contributed by atoms with Crippen molar-refractivity contribution in [1.29, 1.82) is 0 Å². The smallest absolute Gasteiger partial charge is 0.222 e. The van der Waals surface area contributed by atoms with E-state index in [1.807, 2.05) is 0 Å². The third-order valence-corrected chi connectivity index (χ3v) is 2.61. The Morgan fingerprint density at radius 2 is 2.08 bits per heavy atom. The van der Waals surface area contributed by atoms with E-state index < -0.39 is 8.38 Å². The van der Waals surface area contributed by atoms with Crippen molar-refractivity contribution in [2.45, 2.75) is 6.42 Å². The maximum absolute atomic E-state index is 10.8. The number of amides is 1. The van der Waals surface area contributed by atoms with Gasteiger partial charge < -0.3 is 19.5 Å². The summed E-state index contributed by atoms with van der Waals surface area (Å²) in [6, 6.07) is 0. The summed E-state index contributed by atoms with van der Waals surface area (Å²) < 4.78 is 9.86. The molecular weight excluding hydrogens is 181 g/mol. The molecule has 0 radical (unpaired) electrons. The van der Waals surface area contributed by atoms with Crippen LogP contribution < -0.4 is 5.32 Å². The molecular formula is C6H14NO4P. The molecule has 0 spiro atoms. The first-order valence-corrected chi connectivity index (χ1v) is 4.84. The van der Waals surface area contributed by atoms with Crippen molar-refractivity contribution < 1.29 is 18.9 Å². The van der Waals surface area contributed by atoms with Crippen molar-refractivity contribution in [3.63, 3.8) is 0 Å². The topological polar surface area (TPSA) is 67.8 Å². The first kappa shape index (κ1) is 11.8. The molecule has 0 atom stereocenters. The Morgan fingerprint density at radius 3 is 2.50 bits per heavy atom. The van der Waals surface area contributed by atoms with E-state index in [0.717, 1.165) is 0 Å². The number of rotatable bonds is 6. The molecule has 0 saturated heterocycles.